The van der Waals surface area contributed by atoms with Gasteiger partial charge in [-0.2, -0.15) is 0 Å². The molecule has 0 bridgehead atoms. The van der Waals surface area contributed by atoms with E-state index in [0.29, 0.717) is 12.1 Å². The van der Waals surface area contributed by atoms with E-state index in [1.807, 2.05) is 12.1 Å². The molecule has 0 amide bonds. The van der Waals surface area contributed by atoms with Crippen molar-refractivity contribution in [2.45, 2.75) is 32.9 Å². The number of hydrogen-bond donors (Lipinski definition) is 1. The Balaban J connectivity index is 2.59. The molecule has 0 saturated carbocycles. The molecule has 1 rings (SSSR count). The topological polar surface area (TPSA) is 33.7 Å². The summed E-state index contributed by atoms with van der Waals surface area (Å²) in [7, 11) is 3.84. The smallest absolute Gasteiger partial charge is 0.119 e. The highest BCUT2D eigenvalue weighted by Gasteiger charge is 2.13. The Bertz CT molecular complexity index is 396. The van der Waals surface area contributed by atoms with Crippen LogP contribution >= 0.6 is 0 Å². The third-order valence-electron chi connectivity index (χ3n) is 3.37. The van der Waals surface area contributed by atoms with Crippen LogP contribution in [0, 0.1) is 0 Å². The minimum Gasteiger partial charge on any atom is -0.497 e. The number of nitrogens with zero attached hydrogens (tertiary/aromatic N) is 1. The maximum atomic E-state index is 5.61. The van der Waals surface area contributed by atoms with Crippen molar-refractivity contribution in [1.82, 2.24) is 10.2 Å². The maximum absolute atomic E-state index is 5.61. The first-order chi connectivity index (χ1) is 10.1. The zero-order valence-electron chi connectivity index (χ0n) is 14.1. The fourth-order valence-corrected chi connectivity index (χ4v) is 2.24. The molecule has 1 atom stereocenters. The first-order valence-electron chi connectivity index (χ1n) is 7.74. The van der Waals surface area contributed by atoms with Gasteiger partial charge >= 0.3 is 0 Å². The summed E-state index contributed by atoms with van der Waals surface area (Å²) in [6.07, 6.45) is 0.293. The highest BCUT2D eigenvalue weighted by atomic mass is 16.5. The molecule has 0 fully saturated rings. The minimum absolute atomic E-state index is 0.293. The highest BCUT2D eigenvalue weighted by molar-refractivity contribution is 5.30. The summed E-state index contributed by atoms with van der Waals surface area (Å²) in [6.45, 7) is 9.86. The number of methoxy groups -OCH3 is 1. The molecule has 1 unspecified atom stereocenters. The summed E-state index contributed by atoms with van der Waals surface area (Å²) >= 11 is 0. The van der Waals surface area contributed by atoms with Crippen LogP contribution in [0.15, 0.2) is 24.3 Å². The average molecular weight is 294 g/mol. The SMILES string of the molecule is CCNC(CN(C)CCOC(C)C)c1cccc(OC)c1. The van der Waals surface area contributed by atoms with Crippen LogP contribution in [-0.4, -0.2) is 51.4 Å². The van der Waals surface area contributed by atoms with Crippen LogP contribution < -0.4 is 10.1 Å². The first-order valence-corrected chi connectivity index (χ1v) is 7.74. The number of rotatable bonds is 10. The Morgan fingerprint density at radius 2 is 2.05 bits per heavy atom. The first kappa shape index (κ1) is 18.0. The lowest BCUT2D eigenvalue weighted by Gasteiger charge is -2.25. The van der Waals surface area contributed by atoms with Gasteiger partial charge in [0.2, 0.25) is 0 Å². The van der Waals surface area contributed by atoms with E-state index in [-0.39, 0.29) is 0 Å². The lowest BCUT2D eigenvalue weighted by molar-refractivity contribution is 0.0623. The Morgan fingerprint density at radius 3 is 2.67 bits per heavy atom. The predicted molar refractivity (Wildman–Crippen MR) is 88.0 cm³/mol. The van der Waals surface area contributed by atoms with Gasteiger partial charge in [0.1, 0.15) is 5.75 Å². The molecular weight excluding hydrogens is 264 g/mol. The number of likely N-dealkylation sites (N-methyl/N-ethyl adjacent to an activating group) is 2. The molecule has 4 nitrogen and oxygen atoms in total. The van der Waals surface area contributed by atoms with Gasteiger partial charge in [-0.3, -0.25) is 0 Å². The lowest BCUT2D eigenvalue weighted by atomic mass is 10.1. The minimum atomic E-state index is 0.293. The molecule has 1 aromatic carbocycles. The summed E-state index contributed by atoms with van der Waals surface area (Å²) in [6, 6.07) is 8.57. The second-order valence-corrected chi connectivity index (χ2v) is 5.57. The van der Waals surface area contributed by atoms with E-state index in [9.17, 15) is 0 Å². The van der Waals surface area contributed by atoms with Gasteiger partial charge in [0, 0.05) is 19.1 Å². The van der Waals surface area contributed by atoms with Gasteiger partial charge < -0.3 is 19.7 Å². The quantitative estimate of drug-likeness (QED) is 0.719. The molecule has 0 aliphatic carbocycles. The molecule has 0 aliphatic rings. The molecule has 0 saturated heterocycles. The fourth-order valence-electron chi connectivity index (χ4n) is 2.24. The molecular formula is C17H30N2O2. The molecule has 0 spiro atoms. The van der Waals surface area contributed by atoms with Crippen molar-refractivity contribution in [2.24, 2.45) is 0 Å². The molecule has 0 heterocycles. The van der Waals surface area contributed by atoms with E-state index in [4.69, 9.17) is 9.47 Å². The summed E-state index contributed by atoms with van der Waals surface area (Å²) in [5.41, 5.74) is 1.26. The maximum Gasteiger partial charge on any atom is 0.119 e. The molecule has 0 radical (unpaired) electrons. The second-order valence-electron chi connectivity index (χ2n) is 5.57. The van der Waals surface area contributed by atoms with Gasteiger partial charge in [-0.1, -0.05) is 19.1 Å². The van der Waals surface area contributed by atoms with Gasteiger partial charge in [-0.25, -0.2) is 0 Å². The number of benzene rings is 1. The van der Waals surface area contributed by atoms with E-state index < -0.39 is 0 Å². The lowest BCUT2D eigenvalue weighted by Crippen LogP contribution is -2.35. The van der Waals surface area contributed by atoms with Gasteiger partial charge in [-0.15, -0.1) is 0 Å². The summed E-state index contributed by atoms with van der Waals surface area (Å²) < 4.78 is 10.9. The van der Waals surface area contributed by atoms with Crippen LogP contribution in [-0.2, 0) is 4.74 Å². The number of ether oxygens (including phenoxy) is 2. The predicted octanol–water partition coefficient (Wildman–Crippen LogP) is 2.70. The molecule has 120 valence electrons. The van der Waals surface area contributed by atoms with E-state index in [1.165, 1.54) is 5.56 Å². The molecule has 1 aromatic rings. The van der Waals surface area contributed by atoms with Crippen molar-refractivity contribution in [3.63, 3.8) is 0 Å². The molecule has 0 aliphatic heterocycles. The number of nitrogens with one attached hydrogen (secondary N) is 1. The highest BCUT2D eigenvalue weighted by Crippen LogP contribution is 2.19. The fraction of sp³-hybridized carbons (Fsp3) is 0.647. The standard InChI is InChI=1S/C17H30N2O2/c1-6-18-17(13-19(4)10-11-21-14(2)3)15-8-7-9-16(12-15)20-5/h7-9,12,14,17-18H,6,10-11,13H2,1-5H3. The van der Waals surface area contributed by atoms with Crippen molar-refractivity contribution < 1.29 is 9.47 Å². The summed E-state index contributed by atoms with van der Waals surface area (Å²) in [5.74, 6) is 0.904. The van der Waals surface area contributed by atoms with Crippen LogP contribution in [0.2, 0.25) is 0 Å². The third-order valence-corrected chi connectivity index (χ3v) is 3.37. The summed E-state index contributed by atoms with van der Waals surface area (Å²) in [4.78, 5) is 2.30. The molecule has 21 heavy (non-hydrogen) atoms. The van der Waals surface area contributed by atoms with Gasteiger partial charge in [0.05, 0.1) is 19.8 Å². The zero-order chi connectivity index (χ0) is 15.7. The number of hydrogen-bond acceptors (Lipinski definition) is 4. The largest absolute Gasteiger partial charge is 0.497 e. The molecule has 4 heteroatoms. The Morgan fingerprint density at radius 1 is 1.29 bits per heavy atom. The van der Waals surface area contributed by atoms with Gasteiger partial charge in [-0.05, 0) is 45.1 Å². The van der Waals surface area contributed by atoms with Crippen LogP contribution in [0.4, 0.5) is 0 Å². The van der Waals surface area contributed by atoms with Crippen molar-refractivity contribution >= 4 is 0 Å². The Labute approximate surface area is 129 Å². The van der Waals surface area contributed by atoms with E-state index in [2.05, 4.69) is 50.2 Å². The molecule has 1 N–H and O–H groups in total. The second kappa shape index (κ2) is 9.77. The van der Waals surface area contributed by atoms with Crippen LogP contribution in [0.25, 0.3) is 0 Å². The van der Waals surface area contributed by atoms with Crippen molar-refractivity contribution in [2.75, 3.05) is 40.4 Å². The van der Waals surface area contributed by atoms with E-state index in [0.717, 1.165) is 32.0 Å². The summed E-state index contributed by atoms with van der Waals surface area (Å²) in [5, 5.41) is 3.54. The van der Waals surface area contributed by atoms with Crippen molar-refractivity contribution in [1.29, 1.82) is 0 Å². The van der Waals surface area contributed by atoms with Crippen molar-refractivity contribution in [3.05, 3.63) is 29.8 Å². The average Bonchev–Trinajstić information content (AvgIpc) is 2.46. The third kappa shape index (κ3) is 6.93. The van der Waals surface area contributed by atoms with Crippen LogP contribution in [0.5, 0.6) is 5.75 Å². The van der Waals surface area contributed by atoms with Gasteiger partial charge in [0.15, 0.2) is 0 Å². The van der Waals surface area contributed by atoms with Crippen LogP contribution in [0.3, 0.4) is 0 Å². The van der Waals surface area contributed by atoms with Crippen molar-refractivity contribution in [3.8, 4) is 5.75 Å². The molecule has 0 aromatic heterocycles. The monoisotopic (exact) mass is 294 g/mol. The van der Waals surface area contributed by atoms with E-state index in [1.54, 1.807) is 7.11 Å². The van der Waals surface area contributed by atoms with Gasteiger partial charge in [0.25, 0.3) is 0 Å². The zero-order valence-corrected chi connectivity index (χ0v) is 14.1. The Hall–Kier alpha value is -1.10. The van der Waals surface area contributed by atoms with Crippen LogP contribution in [0.1, 0.15) is 32.4 Å². The normalized spacial score (nSPS) is 12.9. The Kier molecular flexibility index (Phi) is 8.35. The van der Waals surface area contributed by atoms with E-state index >= 15 is 0 Å².